The Kier molecular flexibility index (Phi) is 11.2. The number of hydrogen-bond acceptors (Lipinski definition) is 12. The fourth-order valence-electron chi connectivity index (χ4n) is 7.80. The van der Waals surface area contributed by atoms with Crippen molar-refractivity contribution in [1.82, 2.24) is 49.3 Å². The molecule has 4 aromatic heterocycles. The Morgan fingerprint density at radius 2 is 1.10 bits per heavy atom. The van der Waals surface area contributed by atoms with Crippen LogP contribution in [-0.4, -0.2) is 92.4 Å². The number of phenolic OH excluding ortho intramolecular Hbond substituents is 1. The lowest BCUT2D eigenvalue weighted by Crippen LogP contribution is -2.40. The molecule has 16 nitrogen and oxygen atoms in total. The van der Waals surface area contributed by atoms with Crippen LogP contribution in [0.3, 0.4) is 0 Å². The van der Waals surface area contributed by atoms with Gasteiger partial charge in [-0.2, -0.15) is 10.2 Å². The van der Waals surface area contributed by atoms with Gasteiger partial charge in [0.25, 0.3) is 0 Å². The summed E-state index contributed by atoms with van der Waals surface area (Å²) < 4.78 is 9.64. The molecule has 0 radical (unpaired) electrons. The molecule has 2 fully saturated rings. The van der Waals surface area contributed by atoms with Gasteiger partial charge in [-0.05, 0) is 98.5 Å². The Labute approximate surface area is 345 Å². The Morgan fingerprint density at radius 1 is 0.650 bits per heavy atom. The maximum atomic E-state index is 12.2. The van der Waals surface area contributed by atoms with E-state index in [0.717, 1.165) is 48.3 Å². The van der Waals surface area contributed by atoms with Crippen LogP contribution in [0.25, 0.3) is 44.6 Å². The standard InChI is InChI=1S/C25H24N6O2.C19H20N6O2/c1-2-21(32)30-14-6-7-18(15-30)31-25-22(24(26)27-16-28-25)23(29-31)17-10-12-20(13-11-17)33-19-8-4-3-5-9-19;1-2-15(27)24-9-3-4-13(10-24)25-19-16(18(20)21-11-22-19)17(23-25)12-5-7-14(26)8-6-12/h2-5,8-13,16,18H,1,6-7,14-15H2,(H2,26,27,28);2,5-8,11,13,26H,1,3-4,9-10H2,(H2,20,21,22)/t18-;13-/m11/s1. The van der Waals surface area contributed by atoms with Gasteiger partial charge in [0.15, 0.2) is 11.3 Å². The minimum atomic E-state index is -0.0796. The lowest BCUT2D eigenvalue weighted by Gasteiger charge is -2.32. The summed E-state index contributed by atoms with van der Waals surface area (Å²) >= 11 is 0. The molecule has 0 unspecified atom stereocenters. The average Bonchev–Trinajstić information content (AvgIpc) is 3.88. The molecule has 5 N–H and O–H groups in total. The lowest BCUT2D eigenvalue weighted by molar-refractivity contribution is -0.128. The number of likely N-dealkylation sites (tertiary alicyclic amines) is 2. The maximum Gasteiger partial charge on any atom is 0.246 e. The highest BCUT2D eigenvalue weighted by Gasteiger charge is 2.29. The van der Waals surface area contributed by atoms with Crippen LogP contribution in [0.15, 0.2) is 117 Å². The van der Waals surface area contributed by atoms with Crippen molar-refractivity contribution in [3.05, 3.63) is 117 Å². The van der Waals surface area contributed by atoms with Gasteiger partial charge < -0.3 is 31.1 Å². The predicted molar refractivity (Wildman–Crippen MR) is 229 cm³/mol. The first-order valence-corrected chi connectivity index (χ1v) is 19.6. The zero-order valence-corrected chi connectivity index (χ0v) is 32.8. The lowest BCUT2D eigenvalue weighted by atomic mass is 10.1. The van der Waals surface area contributed by atoms with Crippen molar-refractivity contribution in [2.75, 3.05) is 37.6 Å². The molecule has 2 saturated heterocycles. The van der Waals surface area contributed by atoms with Gasteiger partial charge in [-0.3, -0.25) is 9.59 Å². The molecule has 0 saturated carbocycles. The Morgan fingerprint density at radius 3 is 1.57 bits per heavy atom. The van der Waals surface area contributed by atoms with Gasteiger partial charge in [-0.1, -0.05) is 31.4 Å². The second-order valence-electron chi connectivity index (χ2n) is 14.6. The second-order valence-corrected chi connectivity index (χ2v) is 14.6. The summed E-state index contributed by atoms with van der Waals surface area (Å²) in [5, 5.41) is 20.6. The summed E-state index contributed by atoms with van der Waals surface area (Å²) in [6.07, 6.45) is 9.10. The summed E-state index contributed by atoms with van der Waals surface area (Å²) in [6, 6.07) is 24.1. The van der Waals surface area contributed by atoms with E-state index in [4.69, 9.17) is 26.4 Å². The molecule has 60 heavy (non-hydrogen) atoms. The van der Waals surface area contributed by atoms with E-state index in [0.29, 0.717) is 71.3 Å². The number of carbonyl (C=O) groups excluding carboxylic acids is 2. The maximum absolute atomic E-state index is 12.2. The molecule has 9 rings (SSSR count). The van der Waals surface area contributed by atoms with E-state index >= 15 is 0 Å². The fourth-order valence-corrected chi connectivity index (χ4v) is 7.80. The number of nitrogens with zero attached hydrogens (tertiary/aromatic N) is 10. The third-order valence-corrected chi connectivity index (χ3v) is 10.7. The van der Waals surface area contributed by atoms with Crippen LogP contribution in [-0.2, 0) is 9.59 Å². The minimum absolute atomic E-state index is 0.00566. The van der Waals surface area contributed by atoms with Gasteiger partial charge in [0.1, 0.15) is 52.9 Å². The molecule has 2 amide bonds. The van der Waals surface area contributed by atoms with Crippen LogP contribution in [0.4, 0.5) is 11.6 Å². The molecule has 16 heteroatoms. The molecule has 2 aliphatic rings. The highest BCUT2D eigenvalue weighted by atomic mass is 16.5. The van der Waals surface area contributed by atoms with Gasteiger partial charge in [-0.15, -0.1) is 0 Å². The number of aromatic nitrogens is 8. The number of rotatable bonds is 8. The average molecular weight is 805 g/mol. The number of benzene rings is 3. The van der Waals surface area contributed by atoms with E-state index in [1.165, 1.54) is 24.8 Å². The predicted octanol–water partition coefficient (Wildman–Crippen LogP) is 6.35. The molecule has 2 atom stereocenters. The molecular weight excluding hydrogens is 761 g/mol. The summed E-state index contributed by atoms with van der Waals surface area (Å²) in [5.74, 6) is 2.25. The smallest absolute Gasteiger partial charge is 0.246 e. The van der Waals surface area contributed by atoms with Crippen molar-refractivity contribution in [2.45, 2.75) is 37.8 Å². The number of amides is 2. The van der Waals surface area contributed by atoms with E-state index in [-0.39, 0.29) is 29.6 Å². The summed E-state index contributed by atoms with van der Waals surface area (Å²) in [6.45, 7) is 9.71. The van der Waals surface area contributed by atoms with Crippen LogP contribution >= 0.6 is 0 Å². The van der Waals surface area contributed by atoms with E-state index in [2.05, 4.69) is 33.1 Å². The van der Waals surface area contributed by atoms with Crippen molar-refractivity contribution in [3.63, 3.8) is 0 Å². The number of piperidine rings is 2. The Bertz CT molecular complexity index is 2680. The molecular formula is C44H44N12O4. The van der Waals surface area contributed by atoms with Crippen LogP contribution in [0.5, 0.6) is 17.2 Å². The topological polar surface area (TPSA) is 209 Å². The summed E-state index contributed by atoms with van der Waals surface area (Å²) in [7, 11) is 0. The van der Waals surface area contributed by atoms with Gasteiger partial charge in [0, 0.05) is 37.3 Å². The molecule has 0 spiro atoms. The normalized spacial score (nSPS) is 16.5. The minimum Gasteiger partial charge on any atom is -0.508 e. The number of phenols is 1. The SMILES string of the molecule is C=CC(=O)N1CCC[C@@H](n2nc(-c3ccc(O)cc3)c3c(N)ncnc32)C1.C=CC(=O)N1CCC[C@@H](n2nc(-c3ccc(Oc4ccccc4)cc3)c3c(N)ncnc32)C1. The number of aromatic hydroxyl groups is 1. The fraction of sp³-hybridized carbons (Fsp3) is 0.227. The van der Waals surface area contributed by atoms with E-state index in [1.807, 2.05) is 64.0 Å². The zero-order valence-electron chi connectivity index (χ0n) is 32.8. The van der Waals surface area contributed by atoms with Crippen LogP contribution in [0, 0.1) is 0 Å². The Hall–Kier alpha value is -7.62. The first kappa shape index (κ1) is 39.2. The van der Waals surface area contributed by atoms with Crippen molar-refractivity contribution >= 4 is 45.5 Å². The number of hydrogen-bond donors (Lipinski definition) is 3. The monoisotopic (exact) mass is 804 g/mol. The molecule has 6 heterocycles. The summed E-state index contributed by atoms with van der Waals surface area (Å²) in [5.41, 5.74) is 16.8. The number of ether oxygens (including phenoxy) is 1. The van der Waals surface area contributed by atoms with Gasteiger partial charge in [0.05, 0.1) is 22.9 Å². The number of nitrogens with two attached hydrogens (primary N) is 2. The molecule has 0 bridgehead atoms. The number of para-hydroxylation sites is 1. The van der Waals surface area contributed by atoms with Gasteiger partial charge >= 0.3 is 0 Å². The highest BCUT2D eigenvalue weighted by Crippen LogP contribution is 2.36. The molecule has 7 aromatic rings. The molecule has 2 aliphatic heterocycles. The third-order valence-electron chi connectivity index (χ3n) is 10.7. The quantitative estimate of drug-likeness (QED) is 0.144. The second kappa shape index (κ2) is 17.1. The number of carbonyl (C=O) groups is 2. The Balaban J connectivity index is 0.000000170. The van der Waals surface area contributed by atoms with Crippen molar-refractivity contribution in [2.24, 2.45) is 0 Å². The van der Waals surface area contributed by atoms with E-state index < -0.39 is 0 Å². The van der Waals surface area contributed by atoms with Crippen LogP contribution in [0.1, 0.15) is 37.8 Å². The largest absolute Gasteiger partial charge is 0.508 e. The van der Waals surface area contributed by atoms with Gasteiger partial charge in [-0.25, -0.2) is 29.3 Å². The first-order valence-electron chi connectivity index (χ1n) is 19.6. The van der Waals surface area contributed by atoms with Crippen LogP contribution < -0.4 is 16.2 Å². The molecule has 0 aliphatic carbocycles. The molecule has 3 aromatic carbocycles. The molecule has 304 valence electrons. The first-order chi connectivity index (χ1) is 29.2. The summed E-state index contributed by atoms with van der Waals surface area (Å²) in [4.78, 5) is 45.0. The van der Waals surface area contributed by atoms with E-state index in [9.17, 15) is 14.7 Å². The van der Waals surface area contributed by atoms with Crippen molar-refractivity contribution in [3.8, 4) is 39.8 Å². The van der Waals surface area contributed by atoms with Gasteiger partial charge in [0.2, 0.25) is 11.8 Å². The number of anilines is 2. The number of fused-ring (bicyclic) bond motifs is 2. The van der Waals surface area contributed by atoms with Crippen molar-refractivity contribution in [1.29, 1.82) is 0 Å². The third kappa shape index (κ3) is 7.94. The van der Waals surface area contributed by atoms with E-state index in [1.54, 1.807) is 34.1 Å². The zero-order chi connectivity index (χ0) is 41.8. The van der Waals surface area contributed by atoms with Crippen LogP contribution in [0.2, 0.25) is 0 Å². The highest BCUT2D eigenvalue weighted by molar-refractivity contribution is 5.99. The number of nitrogen functional groups attached to an aromatic ring is 2. The van der Waals surface area contributed by atoms with Crippen molar-refractivity contribution < 1.29 is 19.4 Å².